The molecular formula is C28H34N2O3. The summed E-state index contributed by atoms with van der Waals surface area (Å²) in [6.07, 6.45) is 1.35. The summed E-state index contributed by atoms with van der Waals surface area (Å²) in [5.41, 5.74) is 2.10. The first-order chi connectivity index (χ1) is 15.9. The minimum absolute atomic E-state index is 0.0499. The largest absolute Gasteiger partial charge is 0.483 e. The average molecular weight is 447 g/mol. The molecule has 0 saturated heterocycles. The molecule has 2 amide bonds. The van der Waals surface area contributed by atoms with E-state index in [0.29, 0.717) is 18.7 Å². The van der Waals surface area contributed by atoms with E-state index in [1.165, 1.54) is 0 Å². The Morgan fingerprint density at radius 2 is 1.64 bits per heavy atom. The van der Waals surface area contributed by atoms with Crippen molar-refractivity contribution >= 4 is 22.6 Å². The van der Waals surface area contributed by atoms with Crippen LogP contribution in [-0.4, -0.2) is 35.4 Å². The Labute approximate surface area is 196 Å². The van der Waals surface area contributed by atoms with Crippen LogP contribution < -0.4 is 10.1 Å². The molecule has 0 heterocycles. The quantitative estimate of drug-likeness (QED) is 0.463. The van der Waals surface area contributed by atoms with Gasteiger partial charge in [-0.25, -0.2) is 0 Å². The molecular weight excluding hydrogens is 412 g/mol. The number of nitrogens with one attached hydrogen (secondary N) is 1. The van der Waals surface area contributed by atoms with E-state index in [-0.39, 0.29) is 24.5 Å². The van der Waals surface area contributed by atoms with Crippen LogP contribution in [0.25, 0.3) is 10.8 Å². The Hall–Kier alpha value is -3.34. The predicted molar refractivity (Wildman–Crippen MR) is 133 cm³/mol. The maximum absolute atomic E-state index is 13.4. The number of hydrogen-bond donors (Lipinski definition) is 1. The highest BCUT2D eigenvalue weighted by molar-refractivity contribution is 5.90. The van der Waals surface area contributed by atoms with Crippen LogP contribution >= 0.6 is 0 Å². The summed E-state index contributed by atoms with van der Waals surface area (Å²) in [6, 6.07) is 21.2. The van der Waals surface area contributed by atoms with Crippen molar-refractivity contribution in [1.29, 1.82) is 0 Å². The molecule has 0 radical (unpaired) electrons. The number of aryl methyl sites for hydroxylation is 1. The maximum atomic E-state index is 13.4. The number of benzene rings is 3. The van der Waals surface area contributed by atoms with E-state index in [1.54, 1.807) is 4.90 Å². The van der Waals surface area contributed by atoms with Crippen molar-refractivity contribution in [1.82, 2.24) is 10.2 Å². The molecule has 5 heteroatoms. The fourth-order valence-corrected chi connectivity index (χ4v) is 3.88. The zero-order chi connectivity index (χ0) is 23.8. The molecule has 2 atom stereocenters. The molecule has 0 bridgehead atoms. The van der Waals surface area contributed by atoms with Crippen molar-refractivity contribution < 1.29 is 14.3 Å². The second-order valence-corrected chi connectivity index (χ2v) is 8.46. The number of carbonyl (C=O) groups excluding carboxylic acids is 2. The van der Waals surface area contributed by atoms with E-state index in [4.69, 9.17) is 4.74 Å². The Bertz CT molecular complexity index is 1090. The number of amides is 2. The van der Waals surface area contributed by atoms with E-state index < -0.39 is 6.04 Å². The van der Waals surface area contributed by atoms with Crippen LogP contribution in [0.5, 0.6) is 5.75 Å². The van der Waals surface area contributed by atoms with Crippen molar-refractivity contribution in [3.8, 4) is 5.75 Å². The summed E-state index contributed by atoms with van der Waals surface area (Å²) >= 11 is 0. The van der Waals surface area contributed by atoms with E-state index in [0.717, 1.165) is 28.3 Å². The molecule has 1 N–H and O–H groups in total. The minimum atomic E-state index is -0.567. The smallest absolute Gasteiger partial charge is 0.261 e. The number of carbonyl (C=O) groups is 2. The van der Waals surface area contributed by atoms with Gasteiger partial charge in [-0.1, -0.05) is 74.5 Å². The Morgan fingerprint density at radius 3 is 2.36 bits per heavy atom. The molecule has 0 spiro atoms. The molecule has 3 rings (SSSR count). The third-order valence-electron chi connectivity index (χ3n) is 6.09. The molecule has 0 aliphatic rings. The van der Waals surface area contributed by atoms with Crippen molar-refractivity contribution in [2.24, 2.45) is 0 Å². The zero-order valence-corrected chi connectivity index (χ0v) is 20.0. The number of rotatable bonds is 10. The number of nitrogens with zero attached hydrogens (tertiary/aromatic N) is 1. The van der Waals surface area contributed by atoms with Gasteiger partial charge in [0.2, 0.25) is 5.91 Å². The Morgan fingerprint density at radius 1 is 0.939 bits per heavy atom. The van der Waals surface area contributed by atoms with Crippen molar-refractivity contribution in [2.45, 2.75) is 59.2 Å². The molecule has 0 saturated carbocycles. The van der Waals surface area contributed by atoms with Crippen LogP contribution in [0.15, 0.2) is 66.7 Å². The first-order valence-electron chi connectivity index (χ1n) is 11.7. The average Bonchev–Trinajstić information content (AvgIpc) is 2.83. The van der Waals surface area contributed by atoms with Gasteiger partial charge in [0.05, 0.1) is 0 Å². The number of fused-ring (bicyclic) bond motifs is 1. The minimum Gasteiger partial charge on any atom is -0.483 e. The van der Waals surface area contributed by atoms with E-state index in [9.17, 15) is 9.59 Å². The van der Waals surface area contributed by atoms with E-state index >= 15 is 0 Å². The normalized spacial score (nSPS) is 12.7. The van der Waals surface area contributed by atoms with Gasteiger partial charge in [0, 0.05) is 18.0 Å². The third-order valence-corrected chi connectivity index (χ3v) is 6.09. The van der Waals surface area contributed by atoms with Gasteiger partial charge in [-0.3, -0.25) is 9.59 Å². The van der Waals surface area contributed by atoms with Crippen LogP contribution in [0.4, 0.5) is 0 Å². The highest BCUT2D eigenvalue weighted by atomic mass is 16.5. The highest BCUT2D eigenvalue weighted by Gasteiger charge is 2.29. The molecule has 174 valence electrons. The second kappa shape index (κ2) is 11.5. The number of ether oxygens (including phenoxy) is 1. The van der Waals surface area contributed by atoms with Crippen LogP contribution in [0, 0.1) is 6.92 Å². The van der Waals surface area contributed by atoms with E-state index in [1.807, 2.05) is 94.4 Å². The van der Waals surface area contributed by atoms with Gasteiger partial charge < -0.3 is 15.0 Å². The zero-order valence-electron chi connectivity index (χ0n) is 20.0. The lowest BCUT2D eigenvalue weighted by Crippen LogP contribution is -2.51. The van der Waals surface area contributed by atoms with Crippen molar-refractivity contribution in [3.63, 3.8) is 0 Å². The molecule has 3 aromatic carbocycles. The first kappa shape index (κ1) is 24.3. The molecule has 5 nitrogen and oxygen atoms in total. The summed E-state index contributed by atoms with van der Waals surface area (Å²) in [5, 5.41) is 5.05. The monoisotopic (exact) mass is 446 g/mol. The summed E-state index contributed by atoms with van der Waals surface area (Å²) in [7, 11) is 0. The predicted octanol–water partition coefficient (Wildman–Crippen LogP) is 5.25. The molecule has 0 unspecified atom stereocenters. The second-order valence-electron chi connectivity index (χ2n) is 8.46. The van der Waals surface area contributed by atoms with Gasteiger partial charge in [-0.05, 0) is 49.3 Å². The van der Waals surface area contributed by atoms with Crippen LogP contribution in [0.1, 0.15) is 44.7 Å². The lowest BCUT2D eigenvalue weighted by molar-refractivity contribution is -0.143. The summed E-state index contributed by atoms with van der Waals surface area (Å²) in [6.45, 7) is 8.18. The molecule has 33 heavy (non-hydrogen) atoms. The van der Waals surface area contributed by atoms with Gasteiger partial charge >= 0.3 is 0 Å². The SMILES string of the molecule is CC[C@H](C)NC(=O)[C@H](CC)N(Cc1ccccc1C)C(=O)COc1cccc2ccccc12. The van der Waals surface area contributed by atoms with Crippen LogP contribution in [0.2, 0.25) is 0 Å². The fraction of sp³-hybridized carbons (Fsp3) is 0.357. The van der Waals surface area contributed by atoms with Crippen molar-refractivity contribution in [3.05, 3.63) is 77.9 Å². The Balaban J connectivity index is 1.84. The fourth-order valence-electron chi connectivity index (χ4n) is 3.88. The summed E-state index contributed by atoms with van der Waals surface area (Å²) < 4.78 is 5.98. The molecule has 0 aromatic heterocycles. The molecule has 0 fully saturated rings. The Kier molecular flexibility index (Phi) is 8.47. The maximum Gasteiger partial charge on any atom is 0.261 e. The van der Waals surface area contributed by atoms with Gasteiger partial charge in [0.25, 0.3) is 5.91 Å². The highest BCUT2D eigenvalue weighted by Crippen LogP contribution is 2.25. The standard InChI is InChI=1S/C28H34N2O3/c1-5-21(4)29-28(32)25(6-2)30(18-23-14-8-7-12-20(23)3)27(31)19-33-26-17-11-15-22-13-9-10-16-24(22)26/h7-17,21,25H,5-6,18-19H2,1-4H3,(H,29,32)/t21-,25-/m0/s1. The lowest BCUT2D eigenvalue weighted by atomic mass is 10.1. The molecule has 3 aromatic rings. The molecule has 0 aliphatic carbocycles. The van der Waals surface area contributed by atoms with Crippen LogP contribution in [0.3, 0.4) is 0 Å². The lowest BCUT2D eigenvalue weighted by Gasteiger charge is -2.31. The summed E-state index contributed by atoms with van der Waals surface area (Å²) in [4.78, 5) is 28.2. The third kappa shape index (κ3) is 6.13. The summed E-state index contributed by atoms with van der Waals surface area (Å²) in [5.74, 6) is 0.325. The first-order valence-corrected chi connectivity index (χ1v) is 11.7. The van der Waals surface area contributed by atoms with Gasteiger partial charge in [-0.15, -0.1) is 0 Å². The van der Waals surface area contributed by atoms with E-state index in [2.05, 4.69) is 5.32 Å². The van der Waals surface area contributed by atoms with Crippen molar-refractivity contribution in [2.75, 3.05) is 6.61 Å². The van der Waals surface area contributed by atoms with Gasteiger partial charge in [0.15, 0.2) is 6.61 Å². The van der Waals surface area contributed by atoms with Crippen LogP contribution in [-0.2, 0) is 16.1 Å². The molecule has 0 aliphatic heterocycles. The van der Waals surface area contributed by atoms with Gasteiger partial charge in [0.1, 0.15) is 11.8 Å². The number of hydrogen-bond acceptors (Lipinski definition) is 3. The van der Waals surface area contributed by atoms with Gasteiger partial charge in [-0.2, -0.15) is 0 Å². The topological polar surface area (TPSA) is 58.6 Å².